The van der Waals surface area contributed by atoms with Crippen molar-refractivity contribution in [2.75, 3.05) is 23.8 Å². The molecule has 0 radical (unpaired) electrons. The molecule has 0 bridgehead atoms. The highest BCUT2D eigenvalue weighted by Gasteiger charge is 2.24. The topological polar surface area (TPSA) is 15.3 Å². The van der Waals surface area contributed by atoms with Gasteiger partial charge in [0.1, 0.15) is 0 Å². The van der Waals surface area contributed by atoms with Crippen molar-refractivity contribution in [3.8, 4) is 0 Å². The lowest BCUT2D eigenvalue weighted by molar-refractivity contribution is 0.514. The van der Waals surface area contributed by atoms with E-state index in [1.807, 2.05) is 0 Å². The minimum absolute atomic E-state index is 0.560. The van der Waals surface area contributed by atoms with Gasteiger partial charge in [0.05, 0.1) is 11.4 Å². The van der Waals surface area contributed by atoms with E-state index in [0.29, 0.717) is 12.0 Å². The number of nitrogens with one attached hydrogen (secondary N) is 1. The largest absolute Gasteiger partial charge is 0.379 e. The molecule has 1 atom stereocenters. The molecule has 0 spiro atoms. The van der Waals surface area contributed by atoms with Gasteiger partial charge in [0.15, 0.2) is 0 Å². The van der Waals surface area contributed by atoms with Crippen LogP contribution in [0.1, 0.15) is 26.3 Å². The molecule has 0 aromatic heterocycles. The first-order valence-corrected chi connectivity index (χ1v) is 6.23. The Kier molecular flexibility index (Phi) is 3.08. The van der Waals surface area contributed by atoms with Crippen molar-refractivity contribution in [3.05, 3.63) is 23.8 Å². The lowest BCUT2D eigenvalue weighted by Crippen LogP contribution is -2.42. The number of likely N-dealkylation sites (N-methyl/N-ethyl adjacent to an activating group) is 1. The molecule has 2 heteroatoms. The Labute approximate surface area is 98.7 Å². The van der Waals surface area contributed by atoms with E-state index < -0.39 is 0 Å². The second-order valence-corrected chi connectivity index (χ2v) is 5.04. The van der Waals surface area contributed by atoms with Crippen LogP contribution in [0, 0.1) is 5.92 Å². The minimum Gasteiger partial charge on any atom is -0.379 e. The molecule has 1 aliphatic rings. The van der Waals surface area contributed by atoms with E-state index in [2.05, 4.69) is 56.2 Å². The molecule has 1 aromatic carbocycles. The fraction of sp³-hybridized carbons (Fsp3) is 0.571. The van der Waals surface area contributed by atoms with Crippen molar-refractivity contribution in [2.24, 2.45) is 5.92 Å². The maximum absolute atomic E-state index is 3.66. The van der Waals surface area contributed by atoms with Gasteiger partial charge < -0.3 is 10.2 Å². The Balaban J connectivity index is 2.37. The Bertz CT molecular complexity index is 371. The minimum atomic E-state index is 0.560. The monoisotopic (exact) mass is 218 g/mol. The van der Waals surface area contributed by atoms with Gasteiger partial charge in [0.25, 0.3) is 0 Å². The molecule has 0 fully saturated rings. The average Bonchev–Trinajstić information content (AvgIpc) is 2.27. The quantitative estimate of drug-likeness (QED) is 0.820. The summed E-state index contributed by atoms with van der Waals surface area (Å²) in [5.41, 5.74) is 4.13. The number of fused-ring (bicyclic) bond motifs is 1. The number of hydrogen-bond donors (Lipinski definition) is 1. The molecule has 1 N–H and O–H groups in total. The standard InChI is InChI=1S/C14H22N2/c1-5-11-7-6-8-12-14(11)16(4)9-13(15-12)10(2)3/h6-8,10,13,15H,5,9H2,1-4H3. The van der Waals surface area contributed by atoms with E-state index in [0.717, 1.165) is 13.0 Å². The molecule has 0 amide bonds. The lowest BCUT2D eigenvalue weighted by atomic mass is 9.98. The highest BCUT2D eigenvalue weighted by atomic mass is 15.2. The summed E-state index contributed by atoms with van der Waals surface area (Å²) in [6.07, 6.45) is 1.10. The van der Waals surface area contributed by atoms with Gasteiger partial charge in [-0.15, -0.1) is 0 Å². The molecule has 16 heavy (non-hydrogen) atoms. The van der Waals surface area contributed by atoms with E-state index in [1.165, 1.54) is 16.9 Å². The number of benzene rings is 1. The van der Waals surface area contributed by atoms with Gasteiger partial charge in [-0.25, -0.2) is 0 Å². The first-order valence-electron chi connectivity index (χ1n) is 6.23. The predicted molar refractivity (Wildman–Crippen MR) is 71.3 cm³/mol. The van der Waals surface area contributed by atoms with Crippen LogP contribution < -0.4 is 10.2 Å². The lowest BCUT2D eigenvalue weighted by Gasteiger charge is -2.38. The summed E-state index contributed by atoms with van der Waals surface area (Å²) in [7, 11) is 2.20. The van der Waals surface area contributed by atoms with Crippen LogP contribution in [0.2, 0.25) is 0 Å². The van der Waals surface area contributed by atoms with Gasteiger partial charge in [-0.05, 0) is 24.0 Å². The van der Waals surface area contributed by atoms with Gasteiger partial charge in [-0.3, -0.25) is 0 Å². The van der Waals surface area contributed by atoms with Crippen molar-refractivity contribution < 1.29 is 0 Å². The van der Waals surface area contributed by atoms with Gasteiger partial charge in [0.2, 0.25) is 0 Å². The highest BCUT2D eigenvalue weighted by molar-refractivity contribution is 5.76. The van der Waals surface area contributed by atoms with Gasteiger partial charge in [-0.2, -0.15) is 0 Å². The maximum Gasteiger partial charge on any atom is 0.0632 e. The summed E-state index contributed by atoms with van der Waals surface area (Å²) in [5.74, 6) is 0.667. The Hall–Kier alpha value is -1.18. The summed E-state index contributed by atoms with van der Waals surface area (Å²) >= 11 is 0. The number of rotatable bonds is 2. The van der Waals surface area contributed by atoms with E-state index in [-0.39, 0.29) is 0 Å². The SMILES string of the molecule is CCc1cccc2c1N(C)CC(C(C)C)N2. The third-order valence-corrected chi connectivity index (χ3v) is 3.50. The maximum atomic E-state index is 3.66. The molecule has 1 aliphatic heterocycles. The van der Waals surface area contributed by atoms with Crippen molar-refractivity contribution >= 4 is 11.4 Å². The summed E-state index contributed by atoms with van der Waals surface area (Å²) in [4.78, 5) is 2.40. The first kappa shape index (κ1) is 11.3. The number of anilines is 2. The molecule has 2 rings (SSSR count). The molecule has 1 aromatic rings. The number of para-hydroxylation sites is 1. The molecule has 1 unspecified atom stereocenters. The van der Waals surface area contributed by atoms with Crippen molar-refractivity contribution in [1.29, 1.82) is 0 Å². The zero-order valence-electron chi connectivity index (χ0n) is 10.7. The second kappa shape index (κ2) is 4.36. The molecule has 0 saturated heterocycles. The van der Waals surface area contributed by atoms with Crippen molar-refractivity contribution in [1.82, 2.24) is 0 Å². The van der Waals surface area contributed by atoms with Crippen LogP contribution in [0.5, 0.6) is 0 Å². The number of aryl methyl sites for hydroxylation is 1. The van der Waals surface area contributed by atoms with Crippen LogP contribution in [-0.4, -0.2) is 19.6 Å². The summed E-state index contributed by atoms with van der Waals surface area (Å²) in [6.45, 7) is 7.88. The van der Waals surface area contributed by atoms with E-state index in [9.17, 15) is 0 Å². The first-order chi connectivity index (χ1) is 7.63. The third-order valence-electron chi connectivity index (χ3n) is 3.50. The smallest absolute Gasteiger partial charge is 0.0632 e. The highest BCUT2D eigenvalue weighted by Crippen LogP contribution is 2.34. The molecular formula is C14H22N2. The molecule has 2 nitrogen and oxygen atoms in total. The third kappa shape index (κ3) is 1.89. The van der Waals surface area contributed by atoms with E-state index in [1.54, 1.807) is 0 Å². The molecule has 1 heterocycles. The Morgan fingerprint density at radius 1 is 1.44 bits per heavy atom. The Morgan fingerprint density at radius 2 is 2.19 bits per heavy atom. The number of hydrogen-bond acceptors (Lipinski definition) is 2. The van der Waals surface area contributed by atoms with Crippen molar-refractivity contribution in [2.45, 2.75) is 33.2 Å². The van der Waals surface area contributed by atoms with Crippen LogP contribution in [-0.2, 0) is 6.42 Å². The summed E-state index contributed by atoms with van der Waals surface area (Å²) in [5, 5.41) is 3.66. The average molecular weight is 218 g/mol. The fourth-order valence-electron chi connectivity index (χ4n) is 2.45. The van der Waals surface area contributed by atoms with Gasteiger partial charge in [-0.1, -0.05) is 32.9 Å². The second-order valence-electron chi connectivity index (χ2n) is 5.04. The van der Waals surface area contributed by atoms with E-state index >= 15 is 0 Å². The number of nitrogens with zero attached hydrogens (tertiary/aromatic N) is 1. The predicted octanol–water partition coefficient (Wildman–Crippen LogP) is 3.14. The van der Waals surface area contributed by atoms with Crippen LogP contribution in [0.4, 0.5) is 11.4 Å². The normalized spacial score (nSPS) is 19.6. The van der Waals surface area contributed by atoms with Gasteiger partial charge in [0, 0.05) is 19.6 Å². The van der Waals surface area contributed by atoms with Crippen LogP contribution in [0.25, 0.3) is 0 Å². The van der Waals surface area contributed by atoms with E-state index in [4.69, 9.17) is 0 Å². The molecule has 88 valence electrons. The summed E-state index contributed by atoms with van der Waals surface area (Å²) in [6, 6.07) is 7.14. The Morgan fingerprint density at radius 3 is 2.81 bits per heavy atom. The molecular weight excluding hydrogens is 196 g/mol. The van der Waals surface area contributed by atoms with Crippen molar-refractivity contribution in [3.63, 3.8) is 0 Å². The van der Waals surface area contributed by atoms with Crippen LogP contribution in [0.3, 0.4) is 0 Å². The van der Waals surface area contributed by atoms with Gasteiger partial charge >= 0.3 is 0 Å². The summed E-state index contributed by atoms with van der Waals surface area (Å²) < 4.78 is 0. The van der Waals surface area contributed by atoms with Crippen LogP contribution in [0.15, 0.2) is 18.2 Å². The molecule has 0 aliphatic carbocycles. The zero-order valence-corrected chi connectivity index (χ0v) is 10.7. The molecule has 0 saturated carbocycles. The fourth-order valence-corrected chi connectivity index (χ4v) is 2.45. The van der Waals surface area contributed by atoms with Crippen LogP contribution >= 0.6 is 0 Å². The zero-order chi connectivity index (χ0) is 11.7.